The van der Waals surface area contributed by atoms with Crippen molar-refractivity contribution in [3.63, 3.8) is 0 Å². The second kappa shape index (κ2) is 5.09. The summed E-state index contributed by atoms with van der Waals surface area (Å²) < 4.78 is 6.90. The largest absolute Gasteiger partial charge is 0.383 e. The minimum absolute atomic E-state index is 0.104. The summed E-state index contributed by atoms with van der Waals surface area (Å²) in [5.41, 5.74) is 0. The van der Waals surface area contributed by atoms with Crippen LogP contribution in [0.3, 0.4) is 0 Å². The number of ether oxygens (including phenoxy) is 1. The summed E-state index contributed by atoms with van der Waals surface area (Å²) in [4.78, 5) is 4.12. The topological polar surface area (TPSA) is 39.1 Å². The molecular formula is C8H14ClN3O. The van der Waals surface area contributed by atoms with Gasteiger partial charge >= 0.3 is 0 Å². The molecule has 1 aromatic heterocycles. The molecule has 4 nitrogen and oxygen atoms in total. The molecule has 0 saturated heterocycles. The molecule has 0 radical (unpaired) electrons. The van der Waals surface area contributed by atoms with Gasteiger partial charge in [0.1, 0.15) is 0 Å². The summed E-state index contributed by atoms with van der Waals surface area (Å²) in [7, 11) is 3.58. The van der Waals surface area contributed by atoms with Crippen LogP contribution in [-0.4, -0.2) is 35.2 Å². The maximum absolute atomic E-state index is 5.74. The first-order chi connectivity index (χ1) is 6.27. The van der Waals surface area contributed by atoms with E-state index < -0.39 is 0 Å². The number of anilines is 1. The molecule has 0 aliphatic rings. The molecular weight excluding hydrogens is 190 g/mol. The highest BCUT2D eigenvalue weighted by molar-refractivity contribution is 6.18. The van der Waals surface area contributed by atoms with Gasteiger partial charge in [-0.05, 0) is 0 Å². The van der Waals surface area contributed by atoms with Crippen LogP contribution in [0.5, 0.6) is 0 Å². The Bertz CT molecular complexity index is 251. The highest BCUT2D eigenvalue weighted by Gasteiger charge is 2.08. The third-order valence-corrected chi connectivity index (χ3v) is 2.08. The Hall–Kier alpha value is -0.740. The van der Waals surface area contributed by atoms with Gasteiger partial charge in [0.2, 0.25) is 5.95 Å². The molecule has 1 aromatic rings. The summed E-state index contributed by atoms with van der Waals surface area (Å²) >= 11 is 5.74. The quantitative estimate of drug-likeness (QED) is 0.729. The molecule has 13 heavy (non-hydrogen) atoms. The van der Waals surface area contributed by atoms with Gasteiger partial charge in [0.15, 0.2) is 0 Å². The summed E-state index contributed by atoms with van der Waals surface area (Å²) in [5, 5.41) is 3.17. The van der Waals surface area contributed by atoms with E-state index in [0.717, 1.165) is 5.95 Å². The fourth-order valence-corrected chi connectivity index (χ4v) is 1.18. The molecule has 5 heteroatoms. The number of halogens is 1. The zero-order valence-electron chi connectivity index (χ0n) is 7.83. The van der Waals surface area contributed by atoms with Crippen LogP contribution in [0.25, 0.3) is 0 Å². The van der Waals surface area contributed by atoms with Crippen molar-refractivity contribution in [3.05, 3.63) is 12.4 Å². The Labute approximate surface area is 82.9 Å². The Morgan fingerprint density at radius 1 is 1.77 bits per heavy atom. The third kappa shape index (κ3) is 2.90. The van der Waals surface area contributed by atoms with E-state index in [2.05, 4.69) is 10.3 Å². The molecule has 0 saturated carbocycles. The van der Waals surface area contributed by atoms with Gasteiger partial charge in [-0.3, -0.25) is 0 Å². The van der Waals surface area contributed by atoms with Crippen molar-refractivity contribution in [3.8, 4) is 0 Å². The van der Waals surface area contributed by atoms with E-state index in [9.17, 15) is 0 Å². The van der Waals surface area contributed by atoms with Crippen molar-refractivity contribution in [2.75, 3.05) is 24.9 Å². The zero-order valence-corrected chi connectivity index (χ0v) is 8.58. The Morgan fingerprint density at radius 3 is 3.00 bits per heavy atom. The van der Waals surface area contributed by atoms with E-state index in [1.807, 2.05) is 17.8 Å². The number of hydrogen-bond acceptors (Lipinski definition) is 3. The smallest absolute Gasteiger partial charge is 0.202 e. The van der Waals surface area contributed by atoms with Crippen LogP contribution in [0.1, 0.15) is 0 Å². The maximum atomic E-state index is 5.74. The SMILES string of the molecule is COCC(CCl)Nc1nccn1C. The first kappa shape index (κ1) is 10.3. The first-order valence-electron chi connectivity index (χ1n) is 4.06. The van der Waals surface area contributed by atoms with Crippen LogP contribution in [0.2, 0.25) is 0 Å². The van der Waals surface area contributed by atoms with Gasteiger partial charge in [0.25, 0.3) is 0 Å². The molecule has 74 valence electrons. The number of aromatic nitrogens is 2. The summed E-state index contributed by atoms with van der Waals surface area (Å²) in [6.45, 7) is 0.580. The number of imidazole rings is 1. The average Bonchev–Trinajstić information content (AvgIpc) is 2.51. The van der Waals surface area contributed by atoms with Crippen LogP contribution in [0.4, 0.5) is 5.95 Å². The number of nitrogens with zero attached hydrogens (tertiary/aromatic N) is 2. The fourth-order valence-electron chi connectivity index (χ4n) is 1.01. The van der Waals surface area contributed by atoms with E-state index in [4.69, 9.17) is 16.3 Å². The fraction of sp³-hybridized carbons (Fsp3) is 0.625. The molecule has 0 fully saturated rings. The van der Waals surface area contributed by atoms with Crippen LogP contribution >= 0.6 is 11.6 Å². The van der Waals surface area contributed by atoms with E-state index in [0.29, 0.717) is 12.5 Å². The lowest BCUT2D eigenvalue weighted by atomic mass is 10.4. The van der Waals surface area contributed by atoms with Crippen LogP contribution in [0, 0.1) is 0 Å². The number of rotatable bonds is 5. The molecule has 0 spiro atoms. The normalized spacial score (nSPS) is 12.8. The molecule has 0 aliphatic carbocycles. The van der Waals surface area contributed by atoms with Crippen molar-refractivity contribution in [2.24, 2.45) is 7.05 Å². The van der Waals surface area contributed by atoms with Crippen molar-refractivity contribution in [1.82, 2.24) is 9.55 Å². The summed E-state index contributed by atoms with van der Waals surface area (Å²) in [5.74, 6) is 1.31. The van der Waals surface area contributed by atoms with Gasteiger partial charge in [0.05, 0.1) is 12.6 Å². The summed E-state index contributed by atoms with van der Waals surface area (Å²) in [6, 6.07) is 0.104. The van der Waals surface area contributed by atoms with E-state index in [1.165, 1.54) is 0 Å². The molecule has 1 atom stereocenters. The van der Waals surface area contributed by atoms with Gasteiger partial charge in [-0.2, -0.15) is 0 Å². The first-order valence-corrected chi connectivity index (χ1v) is 4.60. The lowest BCUT2D eigenvalue weighted by Crippen LogP contribution is -2.28. The van der Waals surface area contributed by atoms with Crippen LogP contribution < -0.4 is 5.32 Å². The zero-order chi connectivity index (χ0) is 9.68. The predicted octanol–water partition coefficient (Wildman–Crippen LogP) is 1.09. The molecule has 1 unspecified atom stereocenters. The maximum Gasteiger partial charge on any atom is 0.202 e. The molecule has 0 amide bonds. The second-order valence-electron chi connectivity index (χ2n) is 2.81. The van der Waals surface area contributed by atoms with Gasteiger partial charge < -0.3 is 14.6 Å². The number of hydrogen-bond donors (Lipinski definition) is 1. The standard InChI is InChI=1S/C8H14ClN3O/c1-12-4-3-10-8(12)11-7(5-9)6-13-2/h3-4,7H,5-6H2,1-2H3,(H,10,11). The Morgan fingerprint density at radius 2 is 2.54 bits per heavy atom. The lowest BCUT2D eigenvalue weighted by Gasteiger charge is -2.15. The van der Waals surface area contributed by atoms with Gasteiger partial charge in [-0.25, -0.2) is 4.98 Å². The van der Waals surface area contributed by atoms with Crippen molar-refractivity contribution < 1.29 is 4.74 Å². The molecule has 0 bridgehead atoms. The Balaban J connectivity index is 2.51. The number of aryl methyl sites for hydroxylation is 1. The van der Waals surface area contributed by atoms with Crippen LogP contribution in [0.15, 0.2) is 12.4 Å². The minimum atomic E-state index is 0.104. The summed E-state index contributed by atoms with van der Waals surface area (Å²) in [6.07, 6.45) is 3.61. The van der Waals surface area contributed by atoms with E-state index in [-0.39, 0.29) is 6.04 Å². The molecule has 1 rings (SSSR count). The van der Waals surface area contributed by atoms with Gasteiger partial charge in [-0.15, -0.1) is 11.6 Å². The third-order valence-electron chi connectivity index (χ3n) is 1.71. The second-order valence-corrected chi connectivity index (χ2v) is 3.12. The number of methoxy groups -OCH3 is 1. The molecule has 1 heterocycles. The number of nitrogens with one attached hydrogen (secondary N) is 1. The minimum Gasteiger partial charge on any atom is -0.383 e. The highest BCUT2D eigenvalue weighted by Crippen LogP contribution is 2.04. The lowest BCUT2D eigenvalue weighted by molar-refractivity contribution is 0.191. The van der Waals surface area contributed by atoms with Gasteiger partial charge in [-0.1, -0.05) is 0 Å². The van der Waals surface area contributed by atoms with E-state index in [1.54, 1.807) is 13.3 Å². The van der Waals surface area contributed by atoms with Gasteiger partial charge in [0, 0.05) is 32.4 Å². The van der Waals surface area contributed by atoms with Crippen molar-refractivity contribution >= 4 is 17.5 Å². The highest BCUT2D eigenvalue weighted by atomic mass is 35.5. The van der Waals surface area contributed by atoms with Crippen molar-refractivity contribution in [1.29, 1.82) is 0 Å². The molecule has 0 aliphatic heterocycles. The van der Waals surface area contributed by atoms with Crippen LogP contribution in [-0.2, 0) is 11.8 Å². The Kier molecular flexibility index (Phi) is 4.05. The number of alkyl halides is 1. The predicted molar refractivity (Wildman–Crippen MR) is 53.2 cm³/mol. The molecule has 0 aromatic carbocycles. The monoisotopic (exact) mass is 203 g/mol. The van der Waals surface area contributed by atoms with E-state index >= 15 is 0 Å². The molecule has 1 N–H and O–H groups in total. The van der Waals surface area contributed by atoms with Crippen molar-refractivity contribution in [2.45, 2.75) is 6.04 Å². The average molecular weight is 204 g/mol.